The molecule has 0 spiro atoms. The van der Waals surface area contributed by atoms with Gasteiger partial charge in [-0.25, -0.2) is 14.6 Å². The molecule has 0 bridgehead atoms. The average Bonchev–Trinajstić information content (AvgIpc) is 2.29. The van der Waals surface area contributed by atoms with E-state index in [9.17, 15) is 9.59 Å². The summed E-state index contributed by atoms with van der Waals surface area (Å²) in [4.78, 5) is 24.0. The molecule has 1 aromatic heterocycles. The first-order chi connectivity index (χ1) is 7.52. The molecular weight excluding hydrogens is 218 g/mol. The minimum Gasteiger partial charge on any atom is -0.478 e. The third kappa shape index (κ3) is 5.03. The van der Waals surface area contributed by atoms with Crippen molar-refractivity contribution in [2.24, 2.45) is 0 Å². The number of nitrogens with zero attached hydrogens (tertiary/aromatic N) is 1. The number of hydrogen-bond acceptors (Lipinski definition) is 5. The van der Waals surface area contributed by atoms with Crippen LogP contribution >= 0.6 is 0 Å². The second-order valence-electron chi connectivity index (χ2n) is 2.49. The van der Waals surface area contributed by atoms with Crippen LogP contribution in [0.3, 0.4) is 0 Å². The van der Waals surface area contributed by atoms with Gasteiger partial charge in [-0.2, -0.15) is 0 Å². The number of aliphatic hydroxyl groups excluding tert-OH is 2. The van der Waals surface area contributed by atoms with Crippen molar-refractivity contribution in [2.45, 2.75) is 0 Å². The van der Waals surface area contributed by atoms with Crippen molar-refractivity contribution in [1.82, 2.24) is 4.98 Å². The third-order valence-corrected chi connectivity index (χ3v) is 1.33. The first kappa shape index (κ1) is 14.0. The van der Waals surface area contributed by atoms with Gasteiger partial charge in [0.25, 0.3) is 0 Å². The number of aromatic carboxylic acids is 2. The zero-order valence-electron chi connectivity index (χ0n) is 8.20. The van der Waals surface area contributed by atoms with Crippen molar-refractivity contribution < 1.29 is 30.0 Å². The monoisotopic (exact) mass is 229 g/mol. The van der Waals surface area contributed by atoms with Crippen LogP contribution in [0, 0.1) is 0 Å². The Kier molecular flexibility index (Phi) is 6.41. The summed E-state index contributed by atoms with van der Waals surface area (Å²) in [5, 5.41) is 32.1. The third-order valence-electron chi connectivity index (χ3n) is 1.33. The van der Waals surface area contributed by atoms with Crippen LogP contribution < -0.4 is 0 Å². The number of aliphatic hydroxyl groups is 2. The van der Waals surface area contributed by atoms with E-state index in [0.717, 1.165) is 12.3 Å². The molecule has 0 amide bonds. The highest BCUT2D eigenvalue weighted by Gasteiger charge is 2.06. The maximum atomic E-state index is 10.3. The Bertz CT molecular complexity index is 313. The number of hydrogen-bond donors (Lipinski definition) is 4. The lowest BCUT2D eigenvalue weighted by Crippen LogP contribution is -2.02. The fourth-order valence-corrected chi connectivity index (χ4v) is 0.647. The standard InChI is InChI=1S/C7H5NO4.C2H6O2/c9-6(10)4-1-2-5(7(11)12)8-3-4;3-1-2-4/h1-3H,(H,9,10)(H,11,12);3-4H,1-2H2. The van der Waals surface area contributed by atoms with Crippen molar-refractivity contribution in [2.75, 3.05) is 13.2 Å². The molecule has 0 saturated carbocycles. The minimum atomic E-state index is -1.17. The molecule has 0 aliphatic heterocycles. The Morgan fingerprint density at radius 2 is 1.62 bits per heavy atom. The van der Waals surface area contributed by atoms with Gasteiger partial charge in [0, 0.05) is 6.20 Å². The normalized spacial score (nSPS) is 8.88. The SMILES string of the molecule is O=C(O)c1ccc(C(=O)O)nc1.OCCO. The van der Waals surface area contributed by atoms with Gasteiger partial charge in [-0.05, 0) is 12.1 Å². The number of rotatable bonds is 3. The lowest BCUT2D eigenvalue weighted by atomic mass is 10.2. The highest BCUT2D eigenvalue weighted by molar-refractivity contribution is 5.89. The first-order valence-corrected chi connectivity index (χ1v) is 4.17. The van der Waals surface area contributed by atoms with Gasteiger partial charge in [-0.3, -0.25) is 0 Å². The zero-order valence-corrected chi connectivity index (χ0v) is 8.20. The molecule has 0 saturated heterocycles. The molecule has 7 heteroatoms. The molecule has 0 radical (unpaired) electrons. The summed E-state index contributed by atoms with van der Waals surface area (Å²) in [6, 6.07) is 2.34. The van der Waals surface area contributed by atoms with Crippen molar-refractivity contribution in [3.63, 3.8) is 0 Å². The van der Waals surface area contributed by atoms with E-state index in [0.29, 0.717) is 0 Å². The van der Waals surface area contributed by atoms with Gasteiger partial charge in [0.1, 0.15) is 5.69 Å². The Balaban J connectivity index is 0.000000487. The maximum Gasteiger partial charge on any atom is 0.354 e. The highest BCUT2D eigenvalue weighted by Crippen LogP contribution is 1.99. The lowest BCUT2D eigenvalue weighted by molar-refractivity contribution is 0.0676. The molecule has 88 valence electrons. The van der Waals surface area contributed by atoms with Gasteiger partial charge >= 0.3 is 11.9 Å². The molecule has 0 atom stereocenters. The molecule has 0 fully saturated rings. The molecule has 4 N–H and O–H groups in total. The van der Waals surface area contributed by atoms with E-state index in [1.165, 1.54) is 6.07 Å². The summed E-state index contributed by atoms with van der Waals surface area (Å²) < 4.78 is 0. The largest absolute Gasteiger partial charge is 0.478 e. The second-order valence-corrected chi connectivity index (χ2v) is 2.49. The van der Waals surface area contributed by atoms with Crippen LogP contribution in [-0.2, 0) is 0 Å². The summed E-state index contributed by atoms with van der Waals surface area (Å²) in [5.41, 5.74) is -0.194. The van der Waals surface area contributed by atoms with E-state index in [2.05, 4.69) is 4.98 Å². The van der Waals surface area contributed by atoms with Gasteiger partial charge in [0.2, 0.25) is 0 Å². The molecule has 1 heterocycles. The second kappa shape index (κ2) is 7.32. The number of aromatic nitrogens is 1. The summed E-state index contributed by atoms with van der Waals surface area (Å²) >= 11 is 0. The zero-order chi connectivity index (χ0) is 12.6. The molecular formula is C9H11NO6. The van der Waals surface area contributed by atoms with Crippen LogP contribution in [-0.4, -0.2) is 50.6 Å². The van der Waals surface area contributed by atoms with Gasteiger partial charge < -0.3 is 20.4 Å². The van der Waals surface area contributed by atoms with Crippen LogP contribution in [0.1, 0.15) is 20.8 Å². The van der Waals surface area contributed by atoms with E-state index in [1.54, 1.807) is 0 Å². The van der Waals surface area contributed by atoms with E-state index >= 15 is 0 Å². The number of carboxylic acids is 2. The predicted molar refractivity (Wildman–Crippen MR) is 52.3 cm³/mol. The molecule has 16 heavy (non-hydrogen) atoms. The van der Waals surface area contributed by atoms with E-state index in [4.69, 9.17) is 20.4 Å². The predicted octanol–water partition coefficient (Wildman–Crippen LogP) is -0.551. The van der Waals surface area contributed by atoms with E-state index in [1.807, 2.05) is 0 Å². The topological polar surface area (TPSA) is 128 Å². The Labute approximate surface area is 90.6 Å². The minimum absolute atomic E-state index is 0.0278. The fraction of sp³-hybridized carbons (Fsp3) is 0.222. The molecule has 1 aromatic rings. The van der Waals surface area contributed by atoms with Gasteiger partial charge in [-0.15, -0.1) is 0 Å². The van der Waals surface area contributed by atoms with Crippen LogP contribution in [0.4, 0.5) is 0 Å². The summed E-state index contributed by atoms with van der Waals surface area (Å²) in [6.45, 7) is -0.250. The molecule has 0 aromatic carbocycles. The molecule has 0 aliphatic carbocycles. The van der Waals surface area contributed by atoms with Gasteiger partial charge in [-0.1, -0.05) is 0 Å². The fourth-order valence-electron chi connectivity index (χ4n) is 0.647. The Morgan fingerprint density at radius 3 is 1.88 bits per heavy atom. The van der Waals surface area contributed by atoms with Crippen LogP contribution in [0.2, 0.25) is 0 Å². The number of carboxylic acid groups (broad SMARTS) is 2. The molecule has 0 unspecified atom stereocenters. The molecule has 7 nitrogen and oxygen atoms in total. The van der Waals surface area contributed by atoms with E-state index < -0.39 is 11.9 Å². The lowest BCUT2D eigenvalue weighted by Gasteiger charge is -1.93. The quantitative estimate of drug-likeness (QED) is 0.547. The Hall–Kier alpha value is -1.99. The first-order valence-electron chi connectivity index (χ1n) is 4.17. The number of pyridine rings is 1. The maximum absolute atomic E-state index is 10.3. The Morgan fingerprint density at radius 1 is 1.06 bits per heavy atom. The number of carbonyl (C=O) groups is 2. The van der Waals surface area contributed by atoms with Gasteiger partial charge in [0.15, 0.2) is 0 Å². The van der Waals surface area contributed by atoms with Crippen molar-refractivity contribution in [3.05, 3.63) is 29.6 Å². The van der Waals surface area contributed by atoms with Crippen molar-refractivity contribution >= 4 is 11.9 Å². The van der Waals surface area contributed by atoms with Gasteiger partial charge in [0.05, 0.1) is 18.8 Å². The van der Waals surface area contributed by atoms with Crippen LogP contribution in [0.5, 0.6) is 0 Å². The summed E-state index contributed by atoms with van der Waals surface area (Å²) in [7, 11) is 0. The highest BCUT2D eigenvalue weighted by atomic mass is 16.4. The van der Waals surface area contributed by atoms with Crippen molar-refractivity contribution in [1.29, 1.82) is 0 Å². The smallest absolute Gasteiger partial charge is 0.354 e. The van der Waals surface area contributed by atoms with E-state index in [-0.39, 0.29) is 24.5 Å². The van der Waals surface area contributed by atoms with Crippen LogP contribution in [0.15, 0.2) is 18.3 Å². The molecule has 1 rings (SSSR count). The van der Waals surface area contributed by atoms with Crippen molar-refractivity contribution in [3.8, 4) is 0 Å². The summed E-state index contributed by atoms with van der Waals surface area (Å²) in [6.07, 6.45) is 1.01. The summed E-state index contributed by atoms with van der Waals surface area (Å²) in [5.74, 6) is -2.30. The van der Waals surface area contributed by atoms with Crippen LogP contribution in [0.25, 0.3) is 0 Å². The molecule has 0 aliphatic rings. The average molecular weight is 229 g/mol.